The maximum atomic E-state index is 12.6. The molecule has 2 N–H and O–H groups in total. The normalized spacial score (nSPS) is 22.7. The van der Waals surface area contributed by atoms with Gasteiger partial charge in [0.2, 0.25) is 5.43 Å². The molecule has 2 rings (SSSR count). The van der Waals surface area contributed by atoms with Crippen LogP contribution in [-0.2, 0) is 6.54 Å². The lowest BCUT2D eigenvalue weighted by atomic mass is 10.3. The van der Waals surface area contributed by atoms with Crippen molar-refractivity contribution in [3.05, 3.63) is 28.7 Å². The van der Waals surface area contributed by atoms with E-state index in [2.05, 4.69) is 0 Å². The number of nitrogens with two attached hydrogens (primary N) is 1. The Labute approximate surface area is 85.5 Å². The maximum absolute atomic E-state index is 12.6. The molecule has 1 atom stereocenters. The molecular weight excluding hydrogens is 202 g/mol. The summed E-state index contributed by atoms with van der Waals surface area (Å²) in [5.74, 6) is -2.97. The fourth-order valence-electron chi connectivity index (χ4n) is 1.57. The number of hydrogen-bond acceptors (Lipinski definition) is 2. The van der Waals surface area contributed by atoms with Crippen molar-refractivity contribution in [1.29, 1.82) is 0 Å². The van der Waals surface area contributed by atoms with Gasteiger partial charge < -0.3 is 10.3 Å². The second-order valence-electron chi connectivity index (χ2n) is 3.95. The lowest BCUT2D eigenvalue weighted by molar-refractivity contribution is 0.0960. The van der Waals surface area contributed by atoms with Crippen LogP contribution in [0.5, 0.6) is 0 Å². The topological polar surface area (TPSA) is 48.0 Å². The zero-order valence-electron chi connectivity index (χ0n) is 8.12. The largest absolute Gasteiger partial charge is 0.394 e. The third-order valence-corrected chi connectivity index (χ3v) is 2.70. The van der Waals surface area contributed by atoms with E-state index < -0.39 is 11.8 Å². The molecule has 3 nitrogen and oxygen atoms in total. The van der Waals surface area contributed by atoms with E-state index in [1.165, 1.54) is 12.3 Å². The van der Waals surface area contributed by atoms with Crippen molar-refractivity contribution in [2.45, 2.75) is 25.3 Å². The summed E-state index contributed by atoms with van der Waals surface area (Å²) < 4.78 is 26.8. The molecule has 0 saturated heterocycles. The average molecular weight is 214 g/mol. The van der Waals surface area contributed by atoms with E-state index in [1.807, 2.05) is 0 Å². The smallest absolute Gasteiger partial charge is 0.251 e. The lowest BCUT2D eigenvalue weighted by Crippen LogP contribution is -2.11. The molecule has 1 aromatic rings. The van der Waals surface area contributed by atoms with Crippen molar-refractivity contribution in [3.63, 3.8) is 0 Å². The van der Waals surface area contributed by atoms with Crippen molar-refractivity contribution >= 4 is 5.69 Å². The molecule has 1 saturated carbocycles. The van der Waals surface area contributed by atoms with Crippen LogP contribution in [0.25, 0.3) is 0 Å². The van der Waals surface area contributed by atoms with Crippen LogP contribution in [0.3, 0.4) is 0 Å². The Morgan fingerprint density at radius 3 is 2.80 bits per heavy atom. The van der Waals surface area contributed by atoms with E-state index in [1.54, 1.807) is 10.8 Å². The Balaban J connectivity index is 1.95. The number of halogens is 2. The van der Waals surface area contributed by atoms with Gasteiger partial charge in [0, 0.05) is 37.3 Å². The van der Waals surface area contributed by atoms with E-state index in [0.717, 1.165) is 0 Å². The average Bonchev–Trinajstić information content (AvgIpc) is 2.77. The van der Waals surface area contributed by atoms with Gasteiger partial charge in [-0.15, -0.1) is 0 Å². The fraction of sp³-hybridized carbons (Fsp3) is 0.500. The van der Waals surface area contributed by atoms with Crippen molar-refractivity contribution in [3.8, 4) is 0 Å². The molecule has 0 radical (unpaired) electrons. The number of aromatic nitrogens is 1. The molecule has 0 aromatic carbocycles. The predicted molar refractivity (Wildman–Crippen MR) is 52.8 cm³/mol. The molecule has 15 heavy (non-hydrogen) atoms. The number of nitrogen functional groups attached to an aromatic ring is 1. The van der Waals surface area contributed by atoms with Gasteiger partial charge in [-0.3, -0.25) is 4.79 Å². The molecule has 0 bridgehead atoms. The minimum Gasteiger partial charge on any atom is -0.394 e. The Kier molecular flexibility index (Phi) is 2.25. The standard InChI is InChI=1S/C10H12F2N2O/c11-10(12)5-7(10)1-3-14-4-2-9(15)8(13)6-14/h2,4,6-7H,1,3,5,13H2. The van der Waals surface area contributed by atoms with Crippen LogP contribution in [0.15, 0.2) is 23.3 Å². The minimum atomic E-state index is -2.47. The molecule has 1 unspecified atom stereocenters. The second-order valence-corrected chi connectivity index (χ2v) is 3.95. The molecule has 5 heteroatoms. The Morgan fingerprint density at radius 1 is 1.60 bits per heavy atom. The SMILES string of the molecule is Nc1cn(CCC2CC2(F)F)ccc1=O. The second kappa shape index (κ2) is 3.32. The van der Waals surface area contributed by atoms with E-state index in [4.69, 9.17) is 5.73 Å². The van der Waals surface area contributed by atoms with Gasteiger partial charge in [0.25, 0.3) is 5.92 Å². The molecule has 1 fully saturated rings. The first-order chi connectivity index (χ1) is 6.99. The van der Waals surface area contributed by atoms with Gasteiger partial charge in [0.05, 0.1) is 5.69 Å². The third-order valence-electron chi connectivity index (χ3n) is 2.70. The number of rotatable bonds is 3. The molecule has 0 aliphatic heterocycles. The molecule has 1 aliphatic carbocycles. The summed E-state index contributed by atoms with van der Waals surface area (Å²) in [4.78, 5) is 11.0. The fourth-order valence-corrected chi connectivity index (χ4v) is 1.57. The van der Waals surface area contributed by atoms with Gasteiger partial charge >= 0.3 is 0 Å². The number of anilines is 1. The maximum Gasteiger partial charge on any atom is 0.251 e. The Morgan fingerprint density at radius 2 is 2.27 bits per heavy atom. The van der Waals surface area contributed by atoms with Gasteiger partial charge in [0.1, 0.15) is 0 Å². The van der Waals surface area contributed by atoms with Gasteiger partial charge in [-0.2, -0.15) is 0 Å². The van der Waals surface area contributed by atoms with Crippen LogP contribution in [0.2, 0.25) is 0 Å². The Bertz CT molecular complexity index is 428. The molecule has 1 aliphatic rings. The van der Waals surface area contributed by atoms with Crippen LogP contribution < -0.4 is 11.2 Å². The zero-order chi connectivity index (χ0) is 11.1. The van der Waals surface area contributed by atoms with Gasteiger partial charge in [-0.1, -0.05) is 0 Å². The van der Waals surface area contributed by atoms with Crippen molar-refractivity contribution in [1.82, 2.24) is 4.57 Å². The van der Waals surface area contributed by atoms with Gasteiger partial charge in [-0.05, 0) is 6.42 Å². The summed E-state index contributed by atoms with van der Waals surface area (Å²) in [6, 6.07) is 1.35. The number of pyridine rings is 1. The monoisotopic (exact) mass is 214 g/mol. The highest BCUT2D eigenvalue weighted by atomic mass is 19.3. The van der Waals surface area contributed by atoms with Crippen LogP contribution >= 0.6 is 0 Å². The first-order valence-electron chi connectivity index (χ1n) is 4.82. The lowest BCUT2D eigenvalue weighted by Gasteiger charge is -2.05. The van der Waals surface area contributed by atoms with Crippen molar-refractivity contribution in [2.24, 2.45) is 5.92 Å². The summed E-state index contributed by atoms with van der Waals surface area (Å²) in [7, 11) is 0. The molecule has 0 amide bonds. The number of aryl methyl sites for hydroxylation is 1. The van der Waals surface area contributed by atoms with E-state index in [9.17, 15) is 13.6 Å². The molecule has 1 aromatic heterocycles. The highest BCUT2D eigenvalue weighted by Gasteiger charge is 2.55. The molecule has 0 spiro atoms. The predicted octanol–water partition coefficient (Wildman–Crippen LogP) is 1.48. The Hall–Kier alpha value is -1.39. The summed E-state index contributed by atoms with van der Waals surface area (Å²) in [6.45, 7) is 0.477. The number of nitrogens with zero attached hydrogens (tertiary/aromatic N) is 1. The first-order valence-corrected chi connectivity index (χ1v) is 4.82. The molecular formula is C10H12F2N2O. The van der Waals surface area contributed by atoms with Crippen molar-refractivity contribution in [2.75, 3.05) is 5.73 Å². The number of hydrogen-bond donors (Lipinski definition) is 1. The summed E-state index contributed by atoms with van der Waals surface area (Å²) in [5.41, 5.74) is 5.33. The van der Waals surface area contributed by atoms with E-state index >= 15 is 0 Å². The third kappa shape index (κ3) is 2.16. The number of alkyl halides is 2. The highest BCUT2D eigenvalue weighted by Crippen LogP contribution is 2.50. The summed E-state index contributed by atoms with van der Waals surface area (Å²) in [6.07, 6.45) is 3.47. The highest BCUT2D eigenvalue weighted by molar-refractivity contribution is 5.33. The quantitative estimate of drug-likeness (QED) is 0.828. The zero-order valence-corrected chi connectivity index (χ0v) is 8.12. The van der Waals surface area contributed by atoms with Crippen LogP contribution in [0.4, 0.5) is 14.5 Å². The van der Waals surface area contributed by atoms with Crippen LogP contribution in [-0.4, -0.2) is 10.5 Å². The van der Waals surface area contributed by atoms with E-state index in [0.29, 0.717) is 13.0 Å². The van der Waals surface area contributed by atoms with Crippen molar-refractivity contribution < 1.29 is 8.78 Å². The molecule has 1 heterocycles. The summed E-state index contributed by atoms with van der Waals surface area (Å²) in [5, 5.41) is 0. The first kappa shape index (κ1) is 10.1. The van der Waals surface area contributed by atoms with Crippen LogP contribution in [0.1, 0.15) is 12.8 Å². The molecule has 82 valence electrons. The minimum absolute atomic E-state index is 0.0112. The van der Waals surface area contributed by atoms with Crippen LogP contribution in [0, 0.1) is 5.92 Å². The van der Waals surface area contributed by atoms with E-state index in [-0.39, 0.29) is 17.5 Å². The summed E-state index contributed by atoms with van der Waals surface area (Å²) >= 11 is 0. The van der Waals surface area contributed by atoms with Gasteiger partial charge in [-0.25, -0.2) is 8.78 Å². The van der Waals surface area contributed by atoms with Gasteiger partial charge in [0.15, 0.2) is 0 Å².